The number of carbonyl (C=O) groups excluding carboxylic acids is 1. The van der Waals surface area contributed by atoms with Crippen molar-refractivity contribution in [3.05, 3.63) is 12.4 Å². The van der Waals surface area contributed by atoms with Gasteiger partial charge in [-0.1, -0.05) is 12.1 Å². The third kappa shape index (κ3) is 1.91. The van der Waals surface area contributed by atoms with Gasteiger partial charge in [0.2, 0.25) is 0 Å². The second kappa shape index (κ2) is 5.15. The highest BCUT2D eigenvalue weighted by atomic mass is 16.3. The lowest BCUT2D eigenvalue weighted by Crippen LogP contribution is -2.51. The van der Waals surface area contributed by atoms with E-state index in [4.69, 9.17) is 0 Å². The Bertz CT molecular complexity index is 869. The highest BCUT2D eigenvalue weighted by Gasteiger charge is 2.99. The summed E-state index contributed by atoms with van der Waals surface area (Å²) >= 11 is 0. The van der Waals surface area contributed by atoms with Gasteiger partial charge in [0, 0.05) is 11.6 Å². The molecule has 29 heavy (non-hydrogen) atoms. The lowest BCUT2D eigenvalue weighted by atomic mass is 9.49. The van der Waals surface area contributed by atoms with Crippen LogP contribution in [0.2, 0.25) is 0 Å². The summed E-state index contributed by atoms with van der Waals surface area (Å²) in [4.78, 5) is 13.5. The van der Waals surface area contributed by atoms with Gasteiger partial charge in [0.1, 0.15) is 6.54 Å². The van der Waals surface area contributed by atoms with Gasteiger partial charge in [0.25, 0.3) is 0 Å². The predicted molar refractivity (Wildman–Crippen MR) is 106 cm³/mol. The van der Waals surface area contributed by atoms with Crippen molar-refractivity contribution >= 4 is 5.78 Å². The van der Waals surface area contributed by atoms with Gasteiger partial charge in [-0.3, -0.25) is 4.79 Å². The molecule has 1 heterocycles. The van der Waals surface area contributed by atoms with E-state index in [0.29, 0.717) is 24.2 Å². The molecule has 1 N–H and O–H groups in total. The number of hydrogen-bond acceptors (Lipinski definition) is 4. The third-order valence-corrected chi connectivity index (χ3v) is 11.1. The Morgan fingerprint density at radius 3 is 2.62 bits per heavy atom. The Morgan fingerprint density at radius 1 is 1.07 bits per heavy atom. The van der Waals surface area contributed by atoms with Crippen molar-refractivity contribution in [2.45, 2.75) is 70.9 Å². The SMILES string of the molecule is C[C@@]1(O)CC[C@H]2[C@H](CC[C@@H]3[C@@H]2CC[C@@]2(C)[C@H]3[C@@H]3C4[C@@H]3[C@]42C(=O)Cn2ccnn2)C1. The Morgan fingerprint density at radius 2 is 1.86 bits per heavy atom. The molecule has 11 atom stereocenters. The van der Waals surface area contributed by atoms with Gasteiger partial charge in [0.15, 0.2) is 5.78 Å². The van der Waals surface area contributed by atoms with Crippen molar-refractivity contribution < 1.29 is 9.90 Å². The van der Waals surface area contributed by atoms with Crippen LogP contribution >= 0.6 is 0 Å². The standard InChI is InChI=1S/C24H33N3O2/c1-22(29)7-5-14-13(11-22)3-4-16-15(14)6-8-23(2)19(16)18-20-21(18)24(20,23)17(28)12-27-10-9-25-26-27/h9-10,13-16,18-21,29H,3-8,11-12H2,1-2H3/t13-,14+,15-,16-,18-,19-,20?,21-,22-,23+,24+/m1/s1. The first-order valence-electron chi connectivity index (χ1n) is 12.0. The second-order valence-electron chi connectivity index (χ2n) is 12.1. The van der Waals surface area contributed by atoms with E-state index in [1.165, 1.54) is 32.1 Å². The predicted octanol–water partition coefficient (Wildman–Crippen LogP) is 3.33. The molecule has 0 spiro atoms. The molecule has 7 aliphatic rings. The Hall–Kier alpha value is -1.23. The molecule has 0 aromatic carbocycles. The fourth-order valence-corrected chi connectivity index (χ4v) is 10.3. The maximum absolute atomic E-state index is 13.5. The number of fused-ring (bicyclic) bond motifs is 3. The summed E-state index contributed by atoms with van der Waals surface area (Å²) in [6, 6.07) is 0. The number of aromatic nitrogens is 3. The lowest BCUT2D eigenvalue weighted by Gasteiger charge is -2.56. The topological polar surface area (TPSA) is 68.0 Å². The molecule has 7 fully saturated rings. The number of hydrogen-bond donors (Lipinski definition) is 1. The molecule has 0 amide bonds. The van der Waals surface area contributed by atoms with Crippen molar-refractivity contribution in [3.8, 4) is 0 Å². The first-order valence-corrected chi connectivity index (χ1v) is 12.0. The Kier molecular flexibility index (Phi) is 3.10. The molecule has 1 aromatic heterocycles. The first-order chi connectivity index (χ1) is 13.9. The summed E-state index contributed by atoms with van der Waals surface area (Å²) in [6.45, 7) is 4.95. The molecule has 1 unspecified atom stereocenters. The zero-order valence-corrected chi connectivity index (χ0v) is 17.6. The van der Waals surface area contributed by atoms with Crippen LogP contribution in [0.4, 0.5) is 0 Å². The van der Waals surface area contributed by atoms with Crippen molar-refractivity contribution in [2.75, 3.05) is 0 Å². The van der Waals surface area contributed by atoms with Crippen LogP contribution < -0.4 is 0 Å². The average Bonchev–Trinajstić information content (AvgIpc) is 3.41. The summed E-state index contributed by atoms with van der Waals surface area (Å²) in [5.74, 6) is 6.69. The summed E-state index contributed by atoms with van der Waals surface area (Å²) < 4.78 is 1.73. The Balaban J connectivity index is 1.16. The highest BCUT2D eigenvalue weighted by molar-refractivity contribution is 5.93. The van der Waals surface area contributed by atoms with E-state index < -0.39 is 5.60 Å². The normalized spacial score (nSPS) is 58.6. The molecule has 7 saturated carbocycles. The minimum atomic E-state index is -0.436. The van der Waals surface area contributed by atoms with E-state index in [-0.39, 0.29) is 10.8 Å². The van der Waals surface area contributed by atoms with Crippen LogP contribution in [0.25, 0.3) is 0 Å². The van der Waals surface area contributed by atoms with E-state index >= 15 is 0 Å². The largest absolute Gasteiger partial charge is 0.390 e. The van der Waals surface area contributed by atoms with Crippen LogP contribution in [0.3, 0.4) is 0 Å². The van der Waals surface area contributed by atoms with E-state index in [2.05, 4.69) is 17.2 Å². The van der Waals surface area contributed by atoms with Gasteiger partial charge in [-0.05, 0) is 105 Å². The van der Waals surface area contributed by atoms with E-state index in [9.17, 15) is 9.90 Å². The van der Waals surface area contributed by atoms with Crippen LogP contribution in [0.15, 0.2) is 12.4 Å². The molecule has 8 rings (SSSR count). The minimum absolute atomic E-state index is 0.0215. The van der Waals surface area contributed by atoms with Gasteiger partial charge >= 0.3 is 0 Å². The maximum atomic E-state index is 13.5. The van der Waals surface area contributed by atoms with Crippen molar-refractivity contribution in [2.24, 2.45) is 58.2 Å². The number of nitrogens with zero attached hydrogens (tertiary/aromatic N) is 3. The van der Waals surface area contributed by atoms with Gasteiger partial charge in [0.05, 0.1) is 11.8 Å². The fourth-order valence-electron chi connectivity index (χ4n) is 10.3. The van der Waals surface area contributed by atoms with Crippen LogP contribution in [-0.2, 0) is 11.3 Å². The lowest BCUT2D eigenvalue weighted by molar-refractivity contribution is -0.136. The van der Waals surface area contributed by atoms with E-state index in [1.807, 2.05) is 13.1 Å². The number of Topliss-reactive ketones (excluding diaryl/α,β-unsaturated/α-hetero) is 1. The van der Waals surface area contributed by atoms with Crippen molar-refractivity contribution in [1.29, 1.82) is 0 Å². The smallest absolute Gasteiger partial charge is 0.161 e. The molecule has 5 nitrogen and oxygen atoms in total. The molecular formula is C24H33N3O2. The van der Waals surface area contributed by atoms with Crippen LogP contribution in [0.5, 0.6) is 0 Å². The van der Waals surface area contributed by atoms with Gasteiger partial charge in [-0.2, -0.15) is 0 Å². The molecule has 0 aliphatic heterocycles. The number of ketones is 1. The molecule has 2 bridgehead atoms. The van der Waals surface area contributed by atoms with Gasteiger partial charge in [-0.15, -0.1) is 5.10 Å². The first kappa shape index (κ1) is 17.5. The van der Waals surface area contributed by atoms with Crippen LogP contribution in [-0.4, -0.2) is 31.5 Å². The highest BCUT2D eigenvalue weighted by Crippen LogP contribution is 2.99. The Labute approximate surface area is 172 Å². The molecule has 7 aliphatic carbocycles. The quantitative estimate of drug-likeness (QED) is 0.852. The molecule has 0 radical (unpaired) electrons. The number of carbonyl (C=O) groups is 1. The fraction of sp³-hybridized carbons (Fsp3) is 0.875. The zero-order chi connectivity index (χ0) is 19.8. The molecular weight excluding hydrogens is 362 g/mol. The van der Waals surface area contributed by atoms with Crippen LogP contribution in [0, 0.1) is 58.2 Å². The summed E-state index contributed by atoms with van der Waals surface area (Å²) in [5, 5.41) is 18.6. The minimum Gasteiger partial charge on any atom is -0.390 e. The van der Waals surface area contributed by atoms with Gasteiger partial charge in [-0.25, -0.2) is 4.68 Å². The third-order valence-electron chi connectivity index (χ3n) is 11.1. The molecule has 0 saturated heterocycles. The average molecular weight is 396 g/mol. The molecule has 5 heteroatoms. The van der Waals surface area contributed by atoms with Crippen molar-refractivity contribution in [1.82, 2.24) is 15.0 Å². The van der Waals surface area contributed by atoms with Crippen molar-refractivity contribution in [3.63, 3.8) is 0 Å². The van der Waals surface area contributed by atoms with E-state index in [0.717, 1.165) is 48.3 Å². The monoisotopic (exact) mass is 395 g/mol. The summed E-state index contributed by atoms with van der Waals surface area (Å²) in [5.41, 5.74) is -0.237. The van der Waals surface area contributed by atoms with Crippen LogP contribution in [0.1, 0.15) is 58.8 Å². The summed E-state index contributed by atoms with van der Waals surface area (Å²) in [6.07, 6.45) is 11.9. The summed E-state index contributed by atoms with van der Waals surface area (Å²) in [7, 11) is 0. The van der Waals surface area contributed by atoms with E-state index in [1.54, 1.807) is 10.9 Å². The van der Waals surface area contributed by atoms with Gasteiger partial charge < -0.3 is 5.11 Å². The maximum Gasteiger partial charge on any atom is 0.161 e. The number of aliphatic hydroxyl groups is 1. The second-order valence-corrected chi connectivity index (χ2v) is 12.1. The zero-order valence-electron chi connectivity index (χ0n) is 17.6. The number of rotatable bonds is 3. The molecule has 156 valence electrons. The molecule has 1 aromatic rings.